The maximum absolute atomic E-state index is 4.98. The Labute approximate surface area is 95.8 Å². The van der Waals surface area contributed by atoms with Crippen LogP contribution in [0.1, 0.15) is 0 Å². The molecule has 13 heavy (non-hydrogen) atoms. The fourth-order valence-electron chi connectivity index (χ4n) is 0.449. The van der Waals surface area contributed by atoms with Gasteiger partial charge in [-0.15, -0.1) is 31.0 Å². The summed E-state index contributed by atoms with van der Waals surface area (Å²) in [5.74, 6) is 0. The van der Waals surface area contributed by atoms with Gasteiger partial charge in [0.15, 0.2) is 0 Å². The highest BCUT2D eigenvalue weighted by Crippen LogP contribution is 1.73. The van der Waals surface area contributed by atoms with Gasteiger partial charge in [-0.3, -0.25) is 4.98 Å². The zero-order chi connectivity index (χ0) is 8.36. The summed E-state index contributed by atoms with van der Waals surface area (Å²) < 4.78 is 0. The van der Waals surface area contributed by atoms with Crippen molar-refractivity contribution in [2.45, 2.75) is 13.0 Å². The fraction of sp³-hybridized carbons (Fsp3) is 0.286. The Morgan fingerprint density at radius 2 is 1.69 bits per heavy atom. The third kappa shape index (κ3) is 18.7. The second kappa shape index (κ2) is 17.9. The van der Waals surface area contributed by atoms with Crippen molar-refractivity contribution in [1.29, 1.82) is 0 Å². The van der Waals surface area contributed by atoms with E-state index >= 15 is 0 Å². The zero-order valence-corrected chi connectivity index (χ0v) is 9.22. The molecule has 0 aliphatic carbocycles. The Hall–Kier alpha value is -0.0752. The van der Waals surface area contributed by atoms with E-state index in [0.29, 0.717) is 0 Å². The van der Waals surface area contributed by atoms with Gasteiger partial charge in [-0.05, 0) is 12.1 Å². The van der Waals surface area contributed by atoms with Gasteiger partial charge in [0.05, 0.1) is 7.28 Å². The summed E-state index contributed by atoms with van der Waals surface area (Å²) in [4.78, 5) is 3.78. The highest BCUT2D eigenvalue weighted by Gasteiger charge is 1.73. The molecule has 1 aromatic heterocycles. The monoisotopic (exact) mass is 213 g/mol. The van der Waals surface area contributed by atoms with Crippen molar-refractivity contribution in [3.8, 4) is 0 Å². The Bertz CT molecular complexity index is 125. The first-order valence-electron chi connectivity index (χ1n) is 3.58. The van der Waals surface area contributed by atoms with E-state index in [-0.39, 0.29) is 24.8 Å². The second-order valence-electron chi connectivity index (χ2n) is 1.90. The van der Waals surface area contributed by atoms with Crippen LogP contribution in [0.5, 0.6) is 0 Å². The minimum Gasteiger partial charge on any atom is -0.265 e. The van der Waals surface area contributed by atoms with Crippen molar-refractivity contribution in [1.82, 2.24) is 4.98 Å². The van der Waals surface area contributed by atoms with Crippen molar-refractivity contribution in [3.63, 3.8) is 0 Å². The fourth-order valence-corrected chi connectivity index (χ4v) is 0.449. The largest absolute Gasteiger partial charge is 0.265 e. The van der Waals surface area contributed by atoms with E-state index in [0.717, 1.165) is 6.22 Å². The summed E-state index contributed by atoms with van der Waals surface area (Å²) in [5, 5.41) is 0. The van der Waals surface area contributed by atoms with Gasteiger partial charge in [-0.1, -0.05) is 12.9 Å². The van der Waals surface area contributed by atoms with E-state index in [4.69, 9.17) is 7.74 Å². The lowest BCUT2D eigenvalue weighted by Gasteiger charge is -1.74. The first-order chi connectivity index (χ1) is 5.41. The summed E-state index contributed by atoms with van der Waals surface area (Å²) in [7, 11) is 8.61. The van der Waals surface area contributed by atoms with Gasteiger partial charge in [0, 0.05) is 27.3 Å². The SMILES string of the molecule is Cl.Cl.[B][B]C[B]C.c1ccncc1. The second-order valence-corrected chi connectivity index (χ2v) is 1.90. The molecule has 4 radical (unpaired) electrons. The standard InChI is InChI=1S/C5H5N.C2H5B3.2ClH/c1-2-4-6-5-3-1;1-4-2-5-3;;/h1-5H;2H2,1H3;2*1H. The number of halogens is 2. The summed E-state index contributed by atoms with van der Waals surface area (Å²) in [5.41, 5.74) is 0. The molecule has 0 amide bonds. The number of hydrogen-bond donors (Lipinski definition) is 0. The van der Waals surface area contributed by atoms with E-state index in [1.807, 2.05) is 32.3 Å². The molecule has 0 unspecified atom stereocenters. The lowest BCUT2D eigenvalue weighted by molar-refractivity contribution is 1.33. The van der Waals surface area contributed by atoms with Gasteiger partial charge in [-0.2, -0.15) is 0 Å². The van der Waals surface area contributed by atoms with Crippen molar-refractivity contribution in [3.05, 3.63) is 30.6 Å². The van der Waals surface area contributed by atoms with Crippen molar-refractivity contribution in [2.24, 2.45) is 0 Å². The quantitative estimate of drug-likeness (QED) is 0.683. The molecule has 1 rings (SSSR count). The molecule has 6 heteroatoms. The molecule has 0 saturated carbocycles. The predicted octanol–water partition coefficient (Wildman–Crippen LogP) is 1.83. The number of hydrogen-bond acceptors (Lipinski definition) is 1. The number of rotatable bonds is 2. The van der Waals surface area contributed by atoms with E-state index in [1.165, 1.54) is 0 Å². The van der Waals surface area contributed by atoms with Crippen LogP contribution >= 0.6 is 24.8 Å². The van der Waals surface area contributed by atoms with Crippen molar-refractivity contribution < 1.29 is 0 Å². The van der Waals surface area contributed by atoms with Gasteiger partial charge in [0.1, 0.15) is 0 Å². The summed E-state index contributed by atoms with van der Waals surface area (Å²) in [6.07, 6.45) is 4.42. The molecule has 0 saturated heterocycles. The van der Waals surface area contributed by atoms with Crippen LogP contribution in [-0.4, -0.2) is 27.2 Å². The lowest BCUT2D eigenvalue weighted by Crippen LogP contribution is -1.90. The van der Waals surface area contributed by atoms with Crippen molar-refractivity contribution >= 4 is 47.0 Å². The number of aromatic nitrogens is 1. The van der Waals surface area contributed by atoms with Crippen LogP contribution in [0.4, 0.5) is 0 Å². The molecule has 1 heterocycles. The van der Waals surface area contributed by atoms with Crippen LogP contribution in [0.3, 0.4) is 0 Å². The molecule has 0 fully saturated rings. The number of pyridine rings is 1. The third-order valence-corrected chi connectivity index (χ3v) is 0.938. The van der Waals surface area contributed by atoms with Gasteiger partial charge >= 0.3 is 0 Å². The number of nitrogens with zero attached hydrogens (tertiary/aromatic N) is 1. The van der Waals surface area contributed by atoms with Gasteiger partial charge in [0.25, 0.3) is 0 Å². The molecular formula is C7H12B3Cl2N. The highest BCUT2D eigenvalue weighted by atomic mass is 35.5. The van der Waals surface area contributed by atoms with E-state index < -0.39 is 0 Å². The summed E-state index contributed by atoms with van der Waals surface area (Å²) in [6.45, 7) is 1.98. The Kier molecular flexibility index (Phi) is 25.6. The first kappa shape index (κ1) is 18.7. The molecule has 1 nitrogen and oxygen atoms in total. The molecule has 0 atom stereocenters. The van der Waals surface area contributed by atoms with Crippen molar-refractivity contribution in [2.75, 3.05) is 0 Å². The third-order valence-electron chi connectivity index (χ3n) is 0.938. The molecule has 0 aliphatic rings. The smallest absolute Gasteiger partial charge is 0.0958 e. The predicted molar refractivity (Wildman–Crippen MR) is 66.7 cm³/mol. The van der Waals surface area contributed by atoms with Gasteiger partial charge < -0.3 is 0 Å². The van der Waals surface area contributed by atoms with Gasteiger partial charge in [-0.25, -0.2) is 0 Å². The van der Waals surface area contributed by atoms with Crippen LogP contribution in [-0.2, 0) is 0 Å². The molecule has 0 N–H and O–H groups in total. The summed E-state index contributed by atoms with van der Waals surface area (Å²) in [6, 6.07) is 5.72. The molecule has 0 aromatic carbocycles. The minimum absolute atomic E-state index is 0. The molecule has 68 valence electrons. The van der Waals surface area contributed by atoms with Crippen LogP contribution in [0.25, 0.3) is 0 Å². The van der Waals surface area contributed by atoms with Crippen LogP contribution in [0.2, 0.25) is 13.0 Å². The van der Waals surface area contributed by atoms with Crippen LogP contribution in [0.15, 0.2) is 30.6 Å². The Morgan fingerprint density at radius 3 is 1.77 bits per heavy atom. The molecule has 0 aliphatic heterocycles. The van der Waals surface area contributed by atoms with Crippen LogP contribution in [0, 0.1) is 0 Å². The maximum atomic E-state index is 4.98. The lowest BCUT2D eigenvalue weighted by atomic mass is 9.44. The van der Waals surface area contributed by atoms with Crippen LogP contribution < -0.4 is 0 Å². The average Bonchev–Trinajstić information content (AvgIpc) is 2.10. The zero-order valence-electron chi connectivity index (χ0n) is 7.59. The Balaban J connectivity index is -0.000000136. The van der Waals surface area contributed by atoms with E-state index in [9.17, 15) is 0 Å². The summed E-state index contributed by atoms with van der Waals surface area (Å²) >= 11 is 0. The topological polar surface area (TPSA) is 12.9 Å². The van der Waals surface area contributed by atoms with E-state index in [1.54, 1.807) is 19.6 Å². The average molecular weight is 214 g/mol. The maximum Gasteiger partial charge on any atom is 0.0958 e. The molecule has 0 spiro atoms. The first-order valence-corrected chi connectivity index (χ1v) is 3.58. The molecular weight excluding hydrogens is 201 g/mol. The molecule has 1 aromatic rings. The normalized spacial score (nSPS) is 6.23. The van der Waals surface area contributed by atoms with Gasteiger partial charge in [0.2, 0.25) is 0 Å². The molecule has 0 bridgehead atoms. The highest BCUT2D eigenvalue weighted by molar-refractivity contribution is 6.93. The minimum atomic E-state index is 0. The Morgan fingerprint density at radius 1 is 1.15 bits per heavy atom. The van der Waals surface area contributed by atoms with E-state index in [2.05, 4.69) is 4.98 Å².